The first-order valence-corrected chi connectivity index (χ1v) is 9.16. The summed E-state index contributed by atoms with van der Waals surface area (Å²) in [5, 5.41) is 5.02. The maximum atomic E-state index is 13.0. The lowest BCUT2D eigenvalue weighted by atomic mass is 9.79. The number of amides is 1. The first-order chi connectivity index (χ1) is 12.2. The normalized spacial score (nSPS) is 16.4. The number of carbonyl (C=O) groups is 2. The van der Waals surface area contributed by atoms with Gasteiger partial charge in [-0.3, -0.25) is 9.59 Å². The lowest BCUT2D eigenvalue weighted by Gasteiger charge is -2.28. The maximum Gasteiger partial charge on any atom is 0.318 e. The largest absolute Gasteiger partial charge is 0.465 e. The maximum absolute atomic E-state index is 13.0. The second kappa shape index (κ2) is 8.15. The Morgan fingerprint density at radius 3 is 2.56 bits per heavy atom. The van der Waals surface area contributed by atoms with Crippen LogP contribution in [-0.2, 0) is 14.3 Å². The Hall–Kier alpha value is -2.36. The molecule has 1 fully saturated rings. The van der Waals surface area contributed by atoms with E-state index in [-0.39, 0.29) is 11.8 Å². The van der Waals surface area contributed by atoms with Crippen molar-refractivity contribution < 1.29 is 14.3 Å². The predicted molar refractivity (Wildman–Crippen MR) is 99.3 cm³/mol. The van der Waals surface area contributed by atoms with E-state index in [1.165, 1.54) is 6.42 Å². The summed E-state index contributed by atoms with van der Waals surface area (Å²) in [6.07, 6.45) is 5.14. The first-order valence-electron chi connectivity index (χ1n) is 9.16. The summed E-state index contributed by atoms with van der Waals surface area (Å²) >= 11 is 0. The number of ether oxygens (including phenoxy) is 1. The standard InChI is InChI=1S/C21H25NO3/c1-2-25-21(24)19(16-10-4-3-5-11-16)20(23)22-18-14-8-12-15-9-6-7-13-17(15)18/h6-9,12-14,16,19H,2-5,10-11H2,1H3,(H,22,23)/t19-/m0/s1. The van der Waals surface area contributed by atoms with Gasteiger partial charge in [0, 0.05) is 11.1 Å². The number of fused-ring (bicyclic) bond motifs is 1. The molecule has 1 saturated carbocycles. The zero-order valence-electron chi connectivity index (χ0n) is 14.7. The van der Waals surface area contributed by atoms with Crippen LogP contribution in [0.3, 0.4) is 0 Å². The number of carbonyl (C=O) groups excluding carboxylic acids is 2. The van der Waals surface area contributed by atoms with Gasteiger partial charge in [-0.1, -0.05) is 55.7 Å². The van der Waals surface area contributed by atoms with E-state index >= 15 is 0 Å². The molecule has 1 aliphatic carbocycles. The SMILES string of the molecule is CCOC(=O)[C@H](C(=O)Nc1cccc2ccccc12)C1CCCCC1. The second-order valence-corrected chi connectivity index (χ2v) is 6.64. The molecule has 1 aliphatic rings. The van der Waals surface area contributed by atoms with Crippen molar-refractivity contribution >= 4 is 28.3 Å². The summed E-state index contributed by atoms with van der Waals surface area (Å²) in [5.74, 6) is -1.30. The quantitative estimate of drug-likeness (QED) is 0.643. The predicted octanol–water partition coefficient (Wildman–Crippen LogP) is 4.54. The van der Waals surface area contributed by atoms with Gasteiger partial charge in [-0.25, -0.2) is 0 Å². The third-order valence-electron chi connectivity index (χ3n) is 4.99. The molecule has 3 rings (SSSR count). The number of rotatable bonds is 5. The minimum absolute atomic E-state index is 0.0720. The number of hydrogen-bond acceptors (Lipinski definition) is 3. The van der Waals surface area contributed by atoms with Gasteiger partial charge in [0.05, 0.1) is 6.61 Å². The fourth-order valence-corrected chi connectivity index (χ4v) is 3.76. The van der Waals surface area contributed by atoms with Crippen molar-refractivity contribution in [1.29, 1.82) is 0 Å². The van der Waals surface area contributed by atoms with Crippen molar-refractivity contribution in [3.8, 4) is 0 Å². The van der Waals surface area contributed by atoms with Gasteiger partial charge in [-0.05, 0) is 37.1 Å². The fourth-order valence-electron chi connectivity index (χ4n) is 3.76. The Bertz CT molecular complexity index is 744. The molecule has 2 aromatic carbocycles. The molecule has 1 amide bonds. The van der Waals surface area contributed by atoms with E-state index in [1.807, 2.05) is 42.5 Å². The number of benzene rings is 2. The van der Waals surface area contributed by atoms with Crippen molar-refractivity contribution in [2.75, 3.05) is 11.9 Å². The van der Waals surface area contributed by atoms with E-state index in [4.69, 9.17) is 4.74 Å². The number of hydrogen-bond donors (Lipinski definition) is 1. The zero-order valence-corrected chi connectivity index (χ0v) is 14.7. The summed E-state index contributed by atoms with van der Waals surface area (Å²) in [5.41, 5.74) is 0.744. The van der Waals surface area contributed by atoms with Crippen LogP contribution in [0.4, 0.5) is 5.69 Å². The highest BCUT2D eigenvalue weighted by molar-refractivity contribution is 6.09. The van der Waals surface area contributed by atoms with Crippen molar-refractivity contribution in [1.82, 2.24) is 0 Å². The Labute approximate surface area is 148 Å². The van der Waals surface area contributed by atoms with Gasteiger partial charge < -0.3 is 10.1 Å². The second-order valence-electron chi connectivity index (χ2n) is 6.64. The van der Waals surface area contributed by atoms with Crippen LogP contribution < -0.4 is 5.32 Å². The lowest BCUT2D eigenvalue weighted by Crippen LogP contribution is -2.37. The fraction of sp³-hybridized carbons (Fsp3) is 0.429. The average molecular weight is 339 g/mol. The van der Waals surface area contributed by atoms with E-state index < -0.39 is 11.9 Å². The molecule has 25 heavy (non-hydrogen) atoms. The molecule has 4 heteroatoms. The minimum atomic E-state index is -0.723. The van der Waals surface area contributed by atoms with Crippen LogP contribution in [0.5, 0.6) is 0 Å². The van der Waals surface area contributed by atoms with Crippen LogP contribution in [-0.4, -0.2) is 18.5 Å². The third-order valence-corrected chi connectivity index (χ3v) is 4.99. The Balaban J connectivity index is 1.85. The number of nitrogens with one attached hydrogen (secondary N) is 1. The van der Waals surface area contributed by atoms with Gasteiger partial charge in [0.25, 0.3) is 0 Å². The number of esters is 1. The molecule has 0 saturated heterocycles. The highest BCUT2D eigenvalue weighted by Gasteiger charge is 2.36. The Morgan fingerprint density at radius 2 is 1.80 bits per heavy atom. The third kappa shape index (κ3) is 4.01. The van der Waals surface area contributed by atoms with Gasteiger partial charge >= 0.3 is 5.97 Å². The zero-order chi connectivity index (χ0) is 17.6. The monoisotopic (exact) mass is 339 g/mol. The van der Waals surface area contributed by atoms with Crippen LogP contribution in [0.15, 0.2) is 42.5 Å². The van der Waals surface area contributed by atoms with Crippen LogP contribution in [0.2, 0.25) is 0 Å². The van der Waals surface area contributed by atoms with Crippen molar-refractivity contribution in [2.45, 2.75) is 39.0 Å². The van der Waals surface area contributed by atoms with Gasteiger partial charge in [-0.15, -0.1) is 0 Å². The Kier molecular flexibility index (Phi) is 5.69. The van der Waals surface area contributed by atoms with E-state index in [0.717, 1.165) is 42.1 Å². The molecular formula is C21H25NO3. The van der Waals surface area contributed by atoms with E-state index in [2.05, 4.69) is 5.32 Å². The molecule has 1 N–H and O–H groups in total. The first kappa shape index (κ1) is 17.5. The van der Waals surface area contributed by atoms with Crippen LogP contribution in [0.25, 0.3) is 10.8 Å². The average Bonchev–Trinajstić information content (AvgIpc) is 2.63. The molecule has 132 valence electrons. The lowest BCUT2D eigenvalue weighted by molar-refractivity contribution is -0.153. The molecule has 0 bridgehead atoms. The van der Waals surface area contributed by atoms with Gasteiger partial charge in [0.15, 0.2) is 0 Å². The molecule has 0 aliphatic heterocycles. The van der Waals surface area contributed by atoms with Gasteiger partial charge in [0.2, 0.25) is 5.91 Å². The van der Waals surface area contributed by atoms with Crippen LogP contribution in [0.1, 0.15) is 39.0 Å². The molecule has 1 atom stereocenters. The molecule has 4 nitrogen and oxygen atoms in total. The number of anilines is 1. The van der Waals surface area contributed by atoms with E-state index in [0.29, 0.717) is 6.61 Å². The highest BCUT2D eigenvalue weighted by Crippen LogP contribution is 2.32. The van der Waals surface area contributed by atoms with E-state index in [9.17, 15) is 9.59 Å². The van der Waals surface area contributed by atoms with Crippen LogP contribution >= 0.6 is 0 Å². The molecule has 2 aromatic rings. The summed E-state index contributed by atoms with van der Waals surface area (Å²) < 4.78 is 5.20. The molecule has 0 spiro atoms. The van der Waals surface area contributed by atoms with E-state index in [1.54, 1.807) is 6.92 Å². The van der Waals surface area contributed by atoms with Crippen molar-refractivity contribution in [3.63, 3.8) is 0 Å². The molecule has 0 heterocycles. The Morgan fingerprint density at radius 1 is 1.08 bits per heavy atom. The topological polar surface area (TPSA) is 55.4 Å². The summed E-state index contributed by atoms with van der Waals surface area (Å²) in [4.78, 5) is 25.4. The smallest absolute Gasteiger partial charge is 0.318 e. The molecule has 0 aromatic heterocycles. The highest BCUT2D eigenvalue weighted by atomic mass is 16.5. The summed E-state index contributed by atoms with van der Waals surface area (Å²) in [6.45, 7) is 2.07. The van der Waals surface area contributed by atoms with Gasteiger partial charge in [0.1, 0.15) is 5.92 Å². The van der Waals surface area contributed by atoms with Crippen LogP contribution in [0, 0.1) is 11.8 Å². The van der Waals surface area contributed by atoms with Crippen molar-refractivity contribution in [3.05, 3.63) is 42.5 Å². The summed E-state index contributed by atoms with van der Waals surface area (Å²) in [7, 11) is 0. The van der Waals surface area contributed by atoms with Crippen molar-refractivity contribution in [2.24, 2.45) is 11.8 Å². The summed E-state index contributed by atoms with van der Waals surface area (Å²) in [6, 6.07) is 13.7. The van der Waals surface area contributed by atoms with Gasteiger partial charge in [-0.2, -0.15) is 0 Å². The minimum Gasteiger partial charge on any atom is -0.465 e. The molecule has 0 radical (unpaired) electrons. The molecule has 0 unspecified atom stereocenters. The molecular weight excluding hydrogens is 314 g/mol.